The lowest BCUT2D eigenvalue weighted by molar-refractivity contribution is -0.121. The number of fused-ring (bicyclic) bond motifs is 1. The lowest BCUT2D eigenvalue weighted by Crippen LogP contribution is -2.46. The summed E-state index contributed by atoms with van der Waals surface area (Å²) in [4.78, 5) is 14.2. The Labute approximate surface area is 108 Å². The third-order valence-corrected chi connectivity index (χ3v) is 3.72. The molecule has 0 spiro atoms. The Hall–Kier alpha value is -1.39. The summed E-state index contributed by atoms with van der Waals surface area (Å²) in [6.07, 6.45) is 1.66. The van der Waals surface area contributed by atoms with Gasteiger partial charge in [0.2, 0.25) is 5.91 Å². The molecule has 0 saturated heterocycles. The van der Waals surface area contributed by atoms with E-state index >= 15 is 0 Å². The van der Waals surface area contributed by atoms with E-state index in [2.05, 4.69) is 5.32 Å². The fourth-order valence-corrected chi connectivity index (χ4v) is 2.32. The molecule has 0 aromatic heterocycles. The second-order valence-corrected chi connectivity index (χ2v) is 4.90. The van der Waals surface area contributed by atoms with Gasteiger partial charge in [0.15, 0.2) is 0 Å². The second-order valence-electron chi connectivity index (χ2n) is 4.90. The van der Waals surface area contributed by atoms with Crippen LogP contribution in [0.2, 0.25) is 0 Å². The molecule has 0 radical (unpaired) electrons. The molecule has 1 amide bonds. The van der Waals surface area contributed by atoms with Gasteiger partial charge in [0.1, 0.15) is 0 Å². The highest BCUT2D eigenvalue weighted by Gasteiger charge is 2.28. The van der Waals surface area contributed by atoms with Crippen molar-refractivity contribution in [3.8, 4) is 0 Å². The van der Waals surface area contributed by atoms with Crippen LogP contribution in [0.3, 0.4) is 0 Å². The van der Waals surface area contributed by atoms with Crippen LogP contribution in [0.15, 0.2) is 24.3 Å². The van der Waals surface area contributed by atoms with Crippen molar-refractivity contribution in [1.82, 2.24) is 4.90 Å². The van der Waals surface area contributed by atoms with Crippen molar-refractivity contribution < 1.29 is 9.90 Å². The molecule has 4 heteroatoms. The average Bonchev–Trinajstić information content (AvgIpc) is 2.55. The number of para-hydroxylation sites is 1. The molecule has 2 atom stereocenters. The molecule has 4 nitrogen and oxygen atoms in total. The minimum absolute atomic E-state index is 0.0121. The van der Waals surface area contributed by atoms with Gasteiger partial charge in [0.05, 0.1) is 12.6 Å². The predicted molar refractivity (Wildman–Crippen MR) is 71.5 cm³/mol. The molecule has 1 heterocycles. The first kappa shape index (κ1) is 13.1. The number of carbonyl (C=O) groups excluding carboxylic acids is 1. The molecule has 0 bridgehead atoms. The lowest BCUT2D eigenvalue weighted by Gasteiger charge is -2.30. The number of anilines is 1. The van der Waals surface area contributed by atoms with E-state index < -0.39 is 0 Å². The zero-order valence-corrected chi connectivity index (χ0v) is 10.9. The Bertz CT molecular complexity index is 434. The quantitative estimate of drug-likeness (QED) is 0.846. The van der Waals surface area contributed by atoms with Gasteiger partial charge in [-0.15, -0.1) is 0 Å². The summed E-state index contributed by atoms with van der Waals surface area (Å²) < 4.78 is 0. The molecular weight excluding hydrogens is 228 g/mol. The number of nitrogens with zero attached hydrogens (tertiary/aromatic N) is 1. The van der Waals surface area contributed by atoms with Crippen LogP contribution in [0.1, 0.15) is 18.9 Å². The van der Waals surface area contributed by atoms with Crippen LogP contribution < -0.4 is 5.32 Å². The first-order valence-corrected chi connectivity index (χ1v) is 6.35. The molecule has 2 unspecified atom stereocenters. The third-order valence-electron chi connectivity index (χ3n) is 3.72. The van der Waals surface area contributed by atoms with Crippen molar-refractivity contribution >= 4 is 11.6 Å². The molecule has 0 saturated carbocycles. The Kier molecular flexibility index (Phi) is 3.99. The smallest absolute Gasteiger partial charge is 0.241 e. The normalized spacial score (nSPS) is 21.1. The summed E-state index contributed by atoms with van der Waals surface area (Å²) in [5, 5.41) is 12.2. The lowest BCUT2D eigenvalue weighted by atomic mass is 10.0. The number of aryl methyl sites for hydroxylation is 1. The van der Waals surface area contributed by atoms with Crippen LogP contribution in [-0.2, 0) is 11.2 Å². The van der Waals surface area contributed by atoms with Crippen LogP contribution in [0, 0.1) is 0 Å². The Morgan fingerprint density at radius 3 is 2.94 bits per heavy atom. The topological polar surface area (TPSA) is 52.6 Å². The molecule has 1 aromatic rings. The Morgan fingerprint density at radius 1 is 1.50 bits per heavy atom. The monoisotopic (exact) mass is 248 g/mol. The number of nitrogens with one attached hydrogen (secondary N) is 1. The van der Waals surface area contributed by atoms with Crippen LogP contribution in [0.4, 0.5) is 5.69 Å². The van der Waals surface area contributed by atoms with Crippen LogP contribution >= 0.6 is 0 Å². The van der Waals surface area contributed by atoms with Crippen molar-refractivity contribution in [2.45, 2.75) is 31.8 Å². The second kappa shape index (κ2) is 5.50. The van der Waals surface area contributed by atoms with E-state index in [0.717, 1.165) is 18.5 Å². The van der Waals surface area contributed by atoms with Crippen molar-refractivity contribution in [2.24, 2.45) is 0 Å². The van der Waals surface area contributed by atoms with E-state index in [-0.39, 0.29) is 24.6 Å². The molecule has 0 fully saturated rings. The number of amides is 1. The summed E-state index contributed by atoms with van der Waals surface area (Å²) in [5.74, 6) is 0.0164. The molecule has 0 aliphatic carbocycles. The Morgan fingerprint density at radius 2 is 2.22 bits per heavy atom. The number of aliphatic hydroxyl groups is 1. The number of likely N-dealkylation sites (N-methyl/N-ethyl adjacent to an activating group) is 1. The molecule has 1 aliphatic heterocycles. The summed E-state index contributed by atoms with van der Waals surface area (Å²) in [5.41, 5.74) is 2.09. The first-order valence-electron chi connectivity index (χ1n) is 6.35. The number of carbonyl (C=O) groups is 1. The minimum Gasteiger partial charge on any atom is -0.395 e. The zero-order valence-electron chi connectivity index (χ0n) is 10.9. The van der Waals surface area contributed by atoms with Crippen molar-refractivity contribution in [1.29, 1.82) is 0 Å². The van der Waals surface area contributed by atoms with Crippen LogP contribution in [0.5, 0.6) is 0 Å². The SMILES string of the molecule is CC(CO)N(C)C1CCc2ccccc2NC1=O. The highest BCUT2D eigenvalue weighted by Crippen LogP contribution is 2.23. The molecule has 2 N–H and O–H groups in total. The van der Waals surface area contributed by atoms with Crippen molar-refractivity contribution in [3.63, 3.8) is 0 Å². The Balaban J connectivity index is 2.17. The standard InChI is InChI=1S/C14H20N2O2/c1-10(9-17)16(2)13-8-7-11-5-3-4-6-12(11)15-14(13)18/h3-6,10,13,17H,7-9H2,1-2H3,(H,15,18). The summed E-state index contributed by atoms with van der Waals surface area (Å²) >= 11 is 0. The van der Waals surface area contributed by atoms with Gasteiger partial charge in [-0.1, -0.05) is 18.2 Å². The fraction of sp³-hybridized carbons (Fsp3) is 0.500. The molecule has 2 rings (SSSR count). The van der Waals surface area contributed by atoms with Gasteiger partial charge in [-0.3, -0.25) is 9.69 Å². The van der Waals surface area contributed by atoms with Crippen LogP contribution in [0.25, 0.3) is 0 Å². The maximum atomic E-state index is 12.2. The highest BCUT2D eigenvalue weighted by atomic mass is 16.3. The van der Waals surface area contributed by atoms with E-state index in [1.54, 1.807) is 0 Å². The van der Waals surface area contributed by atoms with E-state index in [4.69, 9.17) is 0 Å². The van der Waals surface area contributed by atoms with E-state index in [9.17, 15) is 9.90 Å². The van der Waals surface area contributed by atoms with Gasteiger partial charge in [0, 0.05) is 11.7 Å². The summed E-state index contributed by atoms with van der Waals surface area (Å²) in [6.45, 7) is 1.98. The largest absolute Gasteiger partial charge is 0.395 e. The van der Waals surface area contributed by atoms with Gasteiger partial charge in [0.25, 0.3) is 0 Å². The zero-order chi connectivity index (χ0) is 13.1. The maximum absolute atomic E-state index is 12.2. The molecular formula is C14H20N2O2. The predicted octanol–water partition coefficient (Wildman–Crippen LogP) is 1.25. The average molecular weight is 248 g/mol. The highest BCUT2D eigenvalue weighted by molar-refractivity contribution is 5.96. The summed E-state index contributed by atoms with van der Waals surface area (Å²) in [7, 11) is 1.89. The number of hydrogen-bond donors (Lipinski definition) is 2. The van der Waals surface area contributed by atoms with Gasteiger partial charge in [-0.2, -0.15) is 0 Å². The number of benzene rings is 1. The maximum Gasteiger partial charge on any atom is 0.241 e. The van der Waals surface area contributed by atoms with Crippen molar-refractivity contribution in [2.75, 3.05) is 19.0 Å². The first-order chi connectivity index (χ1) is 8.63. The van der Waals surface area contributed by atoms with Gasteiger partial charge in [-0.05, 0) is 38.4 Å². The van der Waals surface area contributed by atoms with E-state index in [0.29, 0.717) is 0 Å². The van der Waals surface area contributed by atoms with Gasteiger partial charge in [-0.25, -0.2) is 0 Å². The number of aliphatic hydroxyl groups excluding tert-OH is 1. The molecule has 1 aromatic carbocycles. The molecule has 98 valence electrons. The minimum atomic E-state index is -0.181. The van der Waals surface area contributed by atoms with Gasteiger partial charge < -0.3 is 10.4 Å². The van der Waals surface area contributed by atoms with Gasteiger partial charge >= 0.3 is 0 Å². The molecule has 1 aliphatic rings. The molecule has 18 heavy (non-hydrogen) atoms. The number of rotatable bonds is 3. The van der Waals surface area contributed by atoms with Crippen LogP contribution in [-0.4, -0.2) is 41.7 Å². The number of hydrogen-bond acceptors (Lipinski definition) is 3. The van der Waals surface area contributed by atoms with Crippen molar-refractivity contribution in [3.05, 3.63) is 29.8 Å². The van der Waals surface area contributed by atoms with E-state index in [1.165, 1.54) is 5.56 Å². The summed E-state index contributed by atoms with van der Waals surface area (Å²) in [6, 6.07) is 7.71. The van der Waals surface area contributed by atoms with E-state index in [1.807, 2.05) is 43.1 Å². The fourth-order valence-electron chi connectivity index (χ4n) is 2.32. The third kappa shape index (κ3) is 2.54.